The SMILES string of the molecule is O=C(CCc1ccccc1)N1CCC(Oc2ncc(Br)cn2)C1. The van der Waals surface area contributed by atoms with Gasteiger partial charge in [-0.1, -0.05) is 30.3 Å². The molecule has 6 heteroatoms. The van der Waals surface area contributed by atoms with Gasteiger partial charge in [0.25, 0.3) is 0 Å². The number of nitrogens with zero attached hydrogens (tertiary/aromatic N) is 3. The second kappa shape index (κ2) is 7.55. The number of rotatable bonds is 5. The maximum absolute atomic E-state index is 12.3. The number of aryl methyl sites for hydroxylation is 1. The van der Waals surface area contributed by atoms with Crippen molar-refractivity contribution in [3.8, 4) is 6.01 Å². The third-order valence-corrected chi connectivity index (χ3v) is 4.25. The van der Waals surface area contributed by atoms with Gasteiger partial charge in [0.1, 0.15) is 6.10 Å². The van der Waals surface area contributed by atoms with Gasteiger partial charge in [-0.15, -0.1) is 0 Å². The van der Waals surface area contributed by atoms with E-state index in [0.29, 0.717) is 19.0 Å². The number of amides is 1. The summed E-state index contributed by atoms with van der Waals surface area (Å²) >= 11 is 3.29. The van der Waals surface area contributed by atoms with Crippen molar-refractivity contribution in [2.75, 3.05) is 13.1 Å². The van der Waals surface area contributed by atoms with Gasteiger partial charge >= 0.3 is 6.01 Å². The first-order valence-electron chi connectivity index (χ1n) is 7.66. The van der Waals surface area contributed by atoms with Crippen LogP contribution in [0.4, 0.5) is 0 Å². The van der Waals surface area contributed by atoms with Gasteiger partial charge in [0.05, 0.1) is 11.0 Å². The summed E-state index contributed by atoms with van der Waals surface area (Å²) in [7, 11) is 0. The van der Waals surface area contributed by atoms with Crippen molar-refractivity contribution >= 4 is 21.8 Å². The Balaban J connectivity index is 1.47. The second-order valence-electron chi connectivity index (χ2n) is 5.54. The van der Waals surface area contributed by atoms with E-state index in [1.165, 1.54) is 5.56 Å². The van der Waals surface area contributed by atoms with Gasteiger partial charge in [-0.05, 0) is 27.9 Å². The maximum Gasteiger partial charge on any atom is 0.316 e. The number of halogens is 1. The minimum Gasteiger partial charge on any atom is -0.458 e. The van der Waals surface area contributed by atoms with Crippen LogP contribution in [-0.2, 0) is 11.2 Å². The summed E-state index contributed by atoms with van der Waals surface area (Å²) in [6, 6.07) is 10.4. The zero-order chi connectivity index (χ0) is 16.1. The van der Waals surface area contributed by atoms with E-state index in [2.05, 4.69) is 25.9 Å². The summed E-state index contributed by atoms with van der Waals surface area (Å²) in [4.78, 5) is 22.4. The lowest BCUT2D eigenvalue weighted by Gasteiger charge is -2.16. The molecule has 1 amide bonds. The molecule has 0 aliphatic carbocycles. The molecular weight excluding hydrogens is 358 g/mol. The van der Waals surface area contributed by atoms with Gasteiger partial charge in [-0.2, -0.15) is 0 Å². The zero-order valence-electron chi connectivity index (χ0n) is 12.7. The fourth-order valence-electron chi connectivity index (χ4n) is 2.62. The van der Waals surface area contributed by atoms with Crippen LogP contribution < -0.4 is 4.74 Å². The molecule has 1 atom stereocenters. The number of aromatic nitrogens is 2. The van der Waals surface area contributed by atoms with Crippen molar-refractivity contribution in [1.29, 1.82) is 0 Å². The first-order valence-corrected chi connectivity index (χ1v) is 8.46. The molecule has 0 bridgehead atoms. The van der Waals surface area contributed by atoms with Crippen molar-refractivity contribution in [2.45, 2.75) is 25.4 Å². The van der Waals surface area contributed by atoms with Gasteiger partial charge < -0.3 is 9.64 Å². The van der Waals surface area contributed by atoms with Crippen LogP contribution in [0.3, 0.4) is 0 Å². The number of carbonyl (C=O) groups excluding carboxylic acids is 1. The van der Waals surface area contributed by atoms with Crippen molar-refractivity contribution in [2.24, 2.45) is 0 Å². The molecule has 0 N–H and O–H groups in total. The monoisotopic (exact) mass is 375 g/mol. The molecule has 23 heavy (non-hydrogen) atoms. The van der Waals surface area contributed by atoms with Crippen molar-refractivity contribution in [1.82, 2.24) is 14.9 Å². The molecular formula is C17H18BrN3O2. The summed E-state index contributed by atoms with van der Waals surface area (Å²) in [5.41, 5.74) is 1.19. The largest absolute Gasteiger partial charge is 0.458 e. The van der Waals surface area contributed by atoms with Gasteiger partial charge in [0.15, 0.2) is 0 Å². The van der Waals surface area contributed by atoms with Crippen LogP contribution in [0.1, 0.15) is 18.4 Å². The third kappa shape index (κ3) is 4.51. The van der Waals surface area contributed by atoms with E-state index in [9.17, 15) is 4.79 Å². The Labute approximate surface area is 143 Å². The van der Waals surface area contributed by atoms with Crippen molar-refractivity contribution in [3.63, 3.8) is 0 Å². The number of carbonyl (C=O) groups is 1. The Kier molecular flexibility index (Phi) is 5.23. The molecule has 3 rings (SSSR count). The molecule has 0 saturated carbocycles. The van der Waals surface area contributed by atoms with Crippen LogP contribution in [-0.4, -0.2) is 40.0 Å². The lowest BCUT2D eigenvalue weighted by Crippen LogP contribution is -2.31. The first kappa shape index (κ1) is 15.9. The second-order valence-corrected chi connectivity index (χ2v) is 6.45. The molecule has 2 heterocycles. The summed E-state index contributed by atoms with van der Waals surface area (Å²) in [5.74, 6) is 0.177. The van der Waals surface area contributed by atoms with E-state index in [0.717, 1.165) is 23.9 Å². The summed E-state index contributed by atoms with van der Waals surface area (Å²) in [6.07, 6.45) is 5.40. The molecule has 2 aromatic rings. The molecule has 1 unspecified atom stereocenters. The van der Waals surface area contributed by atoms with Crippen LogP contribution in [0.5, 0.6) is 6.01 Å². The molecule has 1 aliphatic heterocycles. The molecule has 1 aromatic heterocycles. The van der Waals surface area contributed by atoms with Gasteiger partial charge in [-0.25, -0.2) is 9.97 Å². The van der Waals surface area contributed by atoms with E-state index in [4.69, 9.17) is 4.74 Å². The highest BCUT2D eigenvalue weighted by atomic mass is 79.9. The average molecular weight is 376 g/mol. The van der Waals surface area contributed by atoms with Crippen LogP contribution >= 0.6 is 15.9 Å². The van der Waals surface area contributed by atoms with Gasteiger partial charge in [0, 0.05) is 31.8 Å². The Morgan fingerprint density at radius 2 is 2.00 bits per heavy atom. The topological polar surface area (TPSA) is 55.3 Å². The normalized spacial score (nSPS) is 17.3. The van der Waals surface area contributed by atoms with Gasteiger partial charge in [-0.3, -0.25) is 4.79 Å². The molecule has 1 fully saturated rings. The Morgan fingerprint density at radius 3 is 2.74 bits per heavy atom. The summed E-state index contributed by atoms with van der Waals surface area (Å²) < 4.78 is 6.55. The van der Waals surface area contributed by atoms with E-state index in [1.54, 1.807) is 12.4 Å². The Hall–Kier alpha value is -1.95. The molecule has 0 radical (unpaired) electrons. The van der Waals surface area contributed by atoms with E-state index < -0.39 is 0 Å². The van der Waals surface area contributed by atoms with Crippen molar-refractivity contribution < 1.29 is 9.53 Å². The summed E-state index contributed by atoms with van der Waals surface area (Å²) in [5, 5.41) is 0. The Bertz CT molecular complexity index is 649. The van der Waals surface area contributed by atoms with Crippen LogP contribution in [0, 0.1) is 0 Å². The first-order chi connectivity index (χ1) is 11.2. The molecule has 0 spiro atoms. The predicted molar refractivity (Wildman–Crippen MR) is 90.1 cm³/mol. The van der Waals surface area contributed by atoms with E-state index >= 15 is 0 Å². The molecule has 1 aliphatic rings. The Morgan fingerprint density at radius 1 is 1.26 bits per heavy atom. The number of hydrogen-bond donors (Lipinski definition) is 0. The maximum atomic E-state index is 12.3. The fourth-order valence-corrected chi connectivity index (χ4v) is 2.82. The lowest BCUT2D eigenvalue weighted by molar-refractivity contribution is -0.130. The van der Waals surface area contributed by atoms with E-state index in [-0.39, 0.29) is 12.0 Å². The average Bonchev–Trinajstić information content (AvgIpc) is 3.04. The smallest absolute Gasteiger partial charge is 0.316 e. The number of benzene rings is 1. The van der Waals surface area contributed by atoms with Crippen LogP contribution in [0.25, 0.3) is 0 Å². The van der Waals surface area contributed by atoms with E-state index in [1.807, 2.05) is 35.2 Å². The highest BCUT2D eigenvalue weighted by molar-refractivity contribution is 9.10. The molecule has 5 nitrogen and oxygen atoms in total. The molecule has 1 saturated heterocycles. The van der Waals surface area contributed by atoms with Crippen LogP contribution in [0.15, 0.2) is 47.2 Å². The zero-order valence-corrected chi connectivity index (χ0v) is 14.3. The highest BCUT2D eigenvalue weighted by Crippen LogP contribution is 2.17. The minimum atomic E-state index is -0.0307. The van der Waals surface area contributed by atoms with Crippen molar-refractivity contribution in [3.05, 3.63) is 52.8 Å². The predicted octanol–water partition coefficient (Wildman–Crippen LogP) is 2.85. The van der Waals surface area contributed by atoms with Crippen LogP contribution in [0.2, 0.25) is 0 Å². The number of ether oxygens (including phenoxy) is 1. The number of hydrogen-bond acceptors (Lipinski definition) is 4. The minimum absolute atomic E-state index is 0.0307. The standard InChI is InChI=1S/C17H18BrN3O2/c18-14-10-19-17(20-11-14)23-15-8-9-21(12-15)16(22)7-6-13-4-2-1-3-5-13/h1-5,10-11,15H,6-9,12H2. The number of likely N-dealkylation sites (tertiary alicyclic amines) is 1. The summed E-state index contributed by atoms with van der Waals surface area (Å²) in [6.45, 7) is 1.34. The lowest BCUT2D eigenvalue weighted by atomic mass is 10.1. The molecule has 1 aromatic carbocycles. The third-order valence-electron chi connectivity index (χ3n) is 3.84. The quantitative estimate of drug-likeness (QED) is 0.805. The highest BCUT2D eigenvalue weighted by Gasteiger charge is 2.27. The molecule has 120 valence electrons. The van der Waals surface area contributed by atoms with Gasteiger partial charge in [0.2, 0.25) is 5.91 Å². The fraction of sp³-hybridized carbons (Fsp3) is 0.353.